The second-order valence-corrected chi connectivity index (χ2v) is 5.39. The molecule has 22 heavy (non-hydrogen) atoms. The number of nitro groups is 1. The molecular weight excluding hydrogens is 306 g/mol. The monoisotopic (exact) mass is 321 g/mol. The molecule has 1 amide bonds. The van der Waals surface area contributed by atoms with Gasteiger partial charge in [-0.3, -0.25) is 14.9 Å². The van der Waals surface area contributed by atoms with Crippen LogP contribution in [0.1, 0.15) is 12.7 Å². The number of rotatable bonds is 6. The Hall–Kier alpha value is -2.42. The number of carbonyl (C=O) groups is 1. The van der Waals surface area contributed by atoms with Crippen molar-refractivity contribution in [1.82, 2.24) is 14.8 Å². The molecule has 0 saturated carbocycles. The minimum atomic E-state index is -0.485. The summed E-state index contributed by atoms with van der Waals surface area (Å²) in [6.07, 6.45) is 0.777. The summed E-state index contributed by atoms with van der Waals surface area (Å²) in [5, 5.41) is 21.9. The van der Waals surface area contributed by atoms with Crippen LogP contribution in [0.5, 0.6) is 0 Å². The molecule has 0 atom stereocenters. The van der Waals surface area contributed by atoms with Crippen molar-refractivity contribution in [3.8, 4) is 0 Å². The largest absolute Gasteiger partial charge is 0.325 e. The van der Waals surface area contributed by atoms with Gasteiger partial charge in [0.1, 0.15) is 5.82 Å². The van der Waals surface area contributed by atoms with Gasteiger partial charge >= 0.3 is 0 Å². The first-order valence-electron chi connectivity index (χ1n) is 6.56. The second kappa shape index (κ2) is 7.03. The van der Waals surface area contributed by atoms with E-state index in [0.29, 0.717) is 10.8 Å². The van der Waals surface area contributed by atoms with Gasteiger partial charge in [0.2, 0.25) is 5.91 Å². The van der Waals surface area contributed by atoms with Gasteiger partial charge in [0, 0.05) is 31.3 Å². The first-order chi connectivity index (χ1) is 10.5. The molecule has 0 aliphatic heterocycles. The first-order valence-corrected chi connectivity index (χ1v) is 7.55. The Morgan fingerprint density at radius 3 is 2.59 bits per heavy atom. The highest BCUT2D eigenvalue weighted by Gasteiger charge is 2.11. The summed E-state index contributed by atoms with van der Waals surface area (Å²) in [5.74, 6) is 0.838. The van der Waals surface area contributed by atoms with Crippen LogP contribution in [0.25, 0.3) is 0 Å². The van der Waals surface area contributed by atoms with E-state index in [0.717, 1.165) is 12.2 Å². The number of nitro benzene ring substituents is 1. The Labute approximate surface area is 131 Å². The zero-order valence-corrected chi connectivity index (χ0v) is 13.0. The van der Waals surface area contributed by atoms with Crippen LogP contribution in [0, 0.1) is 10.1 Å². The third-order valence-electron chi connectivity index (χ3n) is 2.94. The van der Waals surface area contributed by atoms with Crippen molar-refractivity contribution >= 4 is 29.0 Å². The van der Waals surface area contributed by atoms with Gasteiger partial charge in [-0.25, -0.2) is 0 Å². The number of nitrogens with zero attached hydrogens (tertiary/aromatic N) is 4. The molecule has 2 aromatic rings. The molecule has 116 valence electrons. The Morgan fingerprint density at radius 2 is 2.05 bits per heavy atom. The molecule has 1 heterocycles. The number of aryl methyl sites for hydroxylation is 1. The number of benzene rings is 1. The van der Waals surface area contributed by atoms with E-state index in [4.69, 9.17) is 0 Å². The third kappa shape index (κ3) is 3.82. The summed E-state index contributed by atoms with van der Waals surface area (Å²) < 4.78 is 1.85. The fraction of sp³-hybridized carbons (Fsp3) is 0.308. The molecule has 0 saturated heterocycles. The van der Waals surface area contributed by atoms with E-state index in [1.54, 1.807) is 0 Å². The number of nitrogens with one attached hydrogen (secondary N) is 1. The number of hydrogen-bond acceptors (Lipinski definition) is 6. The van der Waals surface area contributed by atoms with Gasteiger partial charge in [-0.1, -0.05) is 18.7 Å². The van der Waals surface area contributed by atoms with Crippen molar-refractivity contribution in [2.24, 2.45) is 7.05 Å². The predicted molar refractivity (Wildman–Crippen MR) is 82.8 cm³/mol. The third-order valence-corrected chi connectivity index (χ3v) is 3.96. The molecule has 1 N–H and O–H groups in total. The summed E-state index contributed by atoms with van der Waals surface area (Å²) in [7, 11) is 1.86. The van der Waals surface area contributed by atoms with Crippen LogP contribution in [0.3, 0.4) is 0 Å². The molecule has 0 bridgehead atoms. The Kier molecular flexibility index (Phi) is 5.10. The molecule has 1 aromatic heterocycles. The normalized spacial score (nSPS) is 10.5. The number of thioether (sulfide) groups is 1. The van der Waals surface area contributed by atoms with Gasteiger partial charge in [-0.15, -0.1) is 10.2 Å². The van der Waals surface area contributed by atoms with E-state index >= 15 is 0 Å². The molecule has 0 unspecified atom stereocenters. The lowest BCUT2D eigenvalue weighted by Crippen LogP contribution is -2.14. The summed E-state index contributed by atoms with van der Waals surface area (Å²) in [6, 6.07) is 5.69. The van der Waals surface area contributed by atoms with Gasteiger partial charge in [0.25, 0.3) is 5.69 Å². The van der Waals surface area contributed by atoms with E-state index in [1.807, 2.05) is 18.5 Å². The maximum absolute atomic E-state index is 11.9. The quantitative estimate of drug-likeness (QED) is 0.496. The lowest BCUT2D eigenvalue weighted by atomic mass is 10.3. The van der Waals surface area contributed by atoms with Crippen molar-refractivity contribution in [2.45, 2.75) is 18.5 Å². The van der Waals surface area contributed by atoms with Crippen LogP contribution in [-0.2, 0) is 18.3 Å². The van der Waals surface area contributed by atoms with Crippen LogP contribution < -0.4 is 5.32 Å². The lowest BCUT2D eigenvalue weighted by Gasteiger charge is -2.05. The molecule has 0 radical (unpaired) electrons. The molecule has 1 aromatic carbocycles. The van der Waals surface area contributed by atoms with Gasteiger partial charge in [-0.2, -0.15) is 0 Å². The molecule has 0 fully saturated rings. The molecule has 9 heteroatoms. The van der Waals surface area contributed by atoms with Crippen molar-refractivity contribution in [1.29, 1.82) is 0 Å². The fourth-order valence-corrected chi connectivity index (χ4v) is 2.50. The Bertz CT molecular complexity index is 683. The lowest BCUT2D eigenvalue weighted by molar-refractivity contribution is -0.384. The summed E-state index contributed by atoms with van der Waals surface area (Å²) in [5.41, 5.74) is 0.502. The van der Waals surface area contributed by atoms with E-state index in [2.05, 4.69) is 15.5 Å². The number of anilines is 1. The second-order valence-electron chi connectivity index (χ2n) is 4.45. The number of hydrogen-bond donors (Lipinski definition) is 1. The van der Waals surface area contributed by atoms with Crippen molar-refractivity contribution in [3.63, 3.8) is 0 Å². The van der Waals surface area contributed by atoms with Crippen LogP contribution in [0.2, 0.25) is 0 Å². The average molecular weight is 321 g/mol. The highest BCUT2D eigenvalue weighted by Crippen LogP contribution is 2.18. The fourth-order valence-electron chi connectivity index (χ4n) is 1.77. The smallest absolute Gasteiger partial charge is 0.269 e. The topological polar surface area (TPSA) is 103 Å². The first kappa shape index (κ1) is 16.0. The van der Waals surface area contributed by atoms with Gasteiger partial charge in [0.15, 0.2) is 5.16 Å². The molecule has 0 aliphatic carbocycles. The van der Waals surface area contributed by atoms with Crippen LogP contribution in [0.15, 0.2) is 29.4 Å². The minimum Gasteiger partial charge on any atom is -0.325 e. The van der Waals surface area contributed by atoms with E-state index in [-0.39, 0.29) is 17.3 Å². The standard InChI is InChI=1S/C13H15N5O3S/c1-3-11-15-16-13(17(11)2)22-8-12(19)14-9-4-6-10(7-5-9)18(20)21/h4-7H,3,8H2,1-2H3,(H,14,19). The van der Waals surface area contributed by atoms with E-state index in [1.165, 1.54) is 36.0 Å². The zero-order chi connectivity index (χ0) is 16.1. The van der Waals surface area contributed by atoms with Crippen molar-refractivity contribution < 1.29 is 9.72 Å². The number of carbonyl (C=O) groups excluding carboxylic acids is 1. The molecular formula is C13H15N5O3S. The molecule has 0 spiro atoms. The molecule has 2 rings (SSSR count). The van der Waals surface area contributed by atoms with E-state index in [9.17, 15) is 14.9 Å². The summed E-state index contributed by atoms with van der Waals surface area (Å²) in [4.78, 5) is 21.9. The molecule has 0 aliphatic rings. The van der Waals surface area contributed by atoms with Gasteiger partial charge in [-0.05, 0) is 12.1 Å². The average Bonchev–Trinajstić information content (AvgIpc) is 2.86. The van der Waals surface area contributed by atoms with Crippen molar-refractivity contribution in [3.05, 3.63) is 40.2 Å². The number of aromatic nitrogens is 3. The van der Waals surface area contributed by atoms with Gasteiger partial charge < -0.3 is 9.88 Å². The van der Waals surface area contributed by atoms with Crippen molar-refractivity contribution in [2.75, 3.05) is 11.1 Å². The molecule has 8 nitrogen and oxygen atoms in total. The number of amides is 1. The Balaban J connectivity index is 1.90. The number of non-ortho nitro benzene ring substituents is 1. The predicted octanol–water partition coefficient (Wildman–Crippen LogP) is 2.02. The van der Waals surface area contributed by atoms with Crippen LogP contribution in [-0.4, -0.2) is 31.3 Å². The summed E-state index contributed by atoms with van der Waals surface area (Å²) in [6.45, 7) is 1.99. The maximum atomic E-state index is 11.9. The van der Waals surface area contributed by atoms with Gasteiger partial charge in [0.05, 0.1) is 10.7 Å². The minimum absolute atomic E-state index is 0.0152. The Morgan fingerprint density at radius 1 is 1.36 bits per heavy atom. The zero-order valence-electron chi connectivity index (χ0n) is 12.1. The summed E-state index contributed by atoms with van der Waals surface area (Å²) >= 11 is 1.29. The highest BCUT2D eigenvalue weighted by atomic mass is 32.2. The highest BCUT2D eigenvalue weighted by molar-refractivity contribution is 7.99. The SMILES string of the molecule is CCc1nnc(SCC(=O)Nc2ccc([N+](=O)[O-])cc2)n1C. The van der Waals surface area contributed by atoms with Crippen LogP contribution in [0.4, 0.5) is 11.4 Å². The van der Waals surface area contributed by atoms with E-state index < -0.39 is 4.92 Å². The maximum Gasteiger partial charge on any atom is 0.269 e. The van der Waals surface area contributed by atoms with Crippen LogP contribution >= 0.6 is 11.8 Å².